The number of nitrogens with zero attached hydrogens (tertiary/aromatic N) is 1. The van der Waals surface area contributed by atoms with Gasteiger partial charge in [0.15, 0.2) is 18.1 Å². The predicted octanol–water partition coefficient (Wildman–Crippen LogP) is 4.57. The van der Waals surface area contributed by atoms with Gasteiger partial charge < -0.3 is 14.6 Å². The van der Waals surface area contributed by atoms with Crippen LogP contribution in [0.4, 0.5) is 0 Å². The molecule has 0 heterocycles. The largest absolute Gasteiger partial charge is 0.504 e. The van der Waals surface area contributed by atoms with Gasteiger partial charge >= 0.3 is 0 Å². The Hall–Kier alpha value is -2.32. The number of carbonyl (C=O) groups is 1. The van der Waals surface area contributed by atoms with Crippen molar-refractivity contribution in [3.05, 3.63) is 63.1 Å². The minimum Gasteiger partial charge on any atom is -0.504 e. The van der Waals surface area contributed by atoms with Crippen LogP contribution in [0.3, 0.4) is 0 Å². The van der Waals surface area contributed by atoms with E-state index in [0.717, 1.165) is 8.95 Å². The monoisotopic (exact) mass is 510 g/mol. The summed E-state index contributed by atoms with van der Waals surface area (Å²) in [5, 5.41) is 14.1. The Morgan fingerprint density at radius 2 is 2.04 bits per heavy atom. The second-order valence-corrected chi connectivity index (χ2v) is 7.38. The molecule has 0 aromatic heterocycles. The van der Waals surface area contributed by atoms with E-state index in [9.17, 15) is 9.90 Å². The van der Waals surface area contributed by atoms with Gasteiger partial charge in [0, 0.05) is 10.0 Å². The van der Waals surface area contributed by atoms with Crippen LogP contribution < -0.4 is 14.9 Å². The number of ether oxygens (including phenoxy) is 2. The van der Waals surface area contributed by atoms with Gasteiger partial charge in [-0.15, -0.1) is 6.58 Å². The van der Waals surface area contributed by atoms with E-state index in [4.69, 9.17) is 9.47 Å². The highest BCUT2D eigenvalue weighted by Crippen LogP contribution is 2.32. The van der Waals surface area contributed by atoms with E-state index in [2.05, 4.69) is 49.0 Å². The highest BCUT2D eigenvalue weighted by molar-refractivity contribution is 9.11. The number of phenols is 1. The van der Waals surface area contributed by atoms with Gasteiger partial charge in [0.1, 0.15) is 5.75 Å². The molecular weight excluding hydrogens is 492 g/mol. The van der Waals surface area contributed by atoms with Gasteiger partial charge in [0.2, 0.25) is 0 Å². The maximum absolute atomic E-state index is 11.9. The van der Waals surface area contributed by atoms with Crippen molar-refractivity contribution in [2.24, 2.45) is 5.10 Å². The summed E-state index contributed by atoms with van der Waals surface area (Å²) in [5.74, 6) is 0.590. The number of halogens is 2. The summed E-state index contributed by atoms with van der Waals surface area (Å²) in [4.78, 5) is 11.9. The van der Waals surface area contributed by atoms with Crippen LogP contribution in [0.15, 0.2) is 57.0 Å². The molecular formula is C20H20Br2N2O4. The first kappa shape index (κ1) is 22.0. The van der Waals surface area contributed by atoms with E-state index < -0.39 is 5.91 Å². The van der Waals surface area contributed by atoms with Crippen molar-refractivity contribution in [3.63, 3.8) is 0 Å². The van der Waals surface area contributed by atoms with Crippen molar-refractivity contribution < 1.29 is 19.4 Å². The summed E-state index contributed by atoms with van der Waals surface area (Å²) in [7, 11) is 0. The Balaban J connectivity index is 1.99. The number of rotatable bonds is 9. The Bertz CT molecular complexity index is 885. The summed E-state index contributed by atoms with van der Waals surface area (Å²) >= 11 is 6.72. The first-order chi connectivity index (χ1) is 13.4. The Morgan fingerprint density at radius 3 is 2.71 bits per heavy atom. The van der Waals surface area contributed by atoms with Crippen LogP contribution in [0.2, 0.25) is 0 Å². The van der Waals surface area contributed by atoms with Gasteiger partial charge in [-0.2, -0.15) is 5.10 Å². The lowest BCUT2D eigenvalue weighted by molar-refractivity contribution is -0.123. The van der Waals surface area contributed by atoms with E-state index in [0.29, 0.717) is 35.7 Å². The Kier molecular flexibility index (Phi) is 8.53. The fourth-order valence-electron chi connectivity index (χ4n) is 2.29. The third-order valence-electron chi connectivity index (χ3n) is 3.50. The molecule has 0 radical (unpaired) electrons. The van der Waals surface area contributed by atoms with Crippen molar-refractivity contribution >= 4 is 44.0 Å². The van der Waals surface area contributed by atoms with Crippen LogP contribution in [0.1, 0.15) is 18.1 Å². The molecule has 6 nitrogen and oxygen atoms in total. The van der Waals surface area contributed by atoms with Gasteiger partial charge in [-0.05, 0) is 65.2 Å². The summed E-state index contributed by atoms with van der Waals surface area (Å²) in [5.41, 5.74) is 3.75. The van der Waals surface area contributed by atoms with Gasteiger partial charge in [-0.25, -0.2) is 5.43 Å². The molecule has 0 saturated carbocycles. The number of nitrogens with one attached hydrogen (secondary N) is 1. The molecule has 8 heteroatoms. The molecule has 2 aromatic rings. The van der Waals surface area contributed by atoms with Crippen molar-refractivity contribution in [1.29, 1.82) is 0 Å². The molecule has 0 bridgehead atoms. The smallest absolute Gasteiger partial charge is 0.277 e. The zero-order valence-corrected chi connectivity index (χ0v) is 18.4. The average Bonchev–Trinajstić information content (AvgIpc) is 2.65. The van der Waals surface area contributed by atoms with Gasteiger partial charge in [0.05, 0.1) is 17.3 Å². The van der Waals surface area contributed by atoms with E-state index in [1.165, 1.54) is 6.21 Å². The number of allylic oxidation sites excluding steroid dienone is 1. The van der Waals surface area contributed by atoms with Crippen LogP contribution in [0, 0.1) is 0 Å². The molecule has 2 N–H and O–H groups in total. The maximum atomic E-state index is 11.9. The van der Waals surface area contributed by atoms with Gasteiger partial charge in [-0.3, -0.25) is 4.79 Å². The summed E-state index contributed by atoms with van der Waals surface area (Å²) in [6.45, 7) is 5.75. The normalized spacial score (nSPS) is 10.7. The second-order valence-electron chi connectivity index (χ2n) is 5.61. The van der Waals surface area contributed by atoms with E-state index in [-0.39, 0.29) is 12.4 Å². The minimum absolute atomic E-state index is 0.0800. The number of amides is 1. The highest BCUT2D eigenvalue weighted by Gasteiger charge is 2.10. The van der Waals surface area contributed by atoms with Crippen LogP contribution >= 0.6 is 31.9 Å². The Labute approximate surface area is 180 Å². The number of hydrogen-bond acceptors (Lipinski definition) is 5. The first-order valence-electron chi connectivity index (χ1n) is 8.44. The molecule has 148 valence electrons. The number of hydrazone groups is 1. The molecule has 2 aromatic carbocycles. The topological polar surface area (TPSA) is 80.2 Å². The van der Waals surface area contributed by atoms with Crippen molar-refractivity contribution in [2.45, 2.75) is 13.3 Å². The summed E-state index contributed by atoms with van der Waals surface area (Å²) in [6.07, 6.45) is 3.64. The molecule has 2 rings (SSSR count). The number of phenolic OH excluding ortho intramolecular Hbond substituents is 1. The zero-order valence-electron chi connectivity index (χ0n) is 15.2. The predicted molar refractivity (Wildman–Crippen MR) is 116 cm³/mol. The fourth-order valence-corrected chi connectivity index (χ4v) is 3.45. The highest BCUT2D eigenvalue weighted by atomic mass is 79.9. The molecule has 0 saturated heterocycles. The maximum Gasteiger partial charge on any atom is 0.277 e. The van der Waals surface area contributed by atoms with E-state index in [1.54, 1.807) is 24.3 Å². The SMILES string of the molecule is C=CCc1cc(/C=N/NC(=O)COc2ccc(Br)cc2Br)cc(OCC)c1O. The van der Waals surface area contributed by atoms with Crippen LogP contribution in [0.25, 0.3) is 0 Å². The van der Waals surface area contributed by atoms with Crippen molar-refractivity contribution in [3.8, 4) is 17.2 Å². The minimum atomic E-state index is -0.402. The van der Waals surface area contributed by atoms with Gasteiger partial charge in [0.25, 0.3) is 5.91 Å². The second kappa shape index (κ2) is 10.9. The molecule has 0 unspecified atom stereocenters. The van der Waals surface area contributed by atoms with Crippen LogP contribution in [0.5, 0.6) is 17.2 Å². The quantitative estimate of drug-likeness (QED) is 0.293. The van der Waals surface area contributed by atoms with Crippen LogP contribution in [-0.2, 0) is 11.2 Å². The van der Waals surface area contributed by atoms with E-state index in [1.807, 2.05) is 19.1 Å². The zero-order chi connectivity index (χ0) is 20.5. The van der Waals surface area contributed by atoms with Gasteiger partial charge in [-0.1, -0.05) is 22.0 Å². The van der Waals surface area contributed by atoms with Crippen molar-refractivity contribution in [2.75, 3.05) is 13.2 Å². The molecule has 0 spiro atoms. The lowest BCUT2D eigenvalue weighted by atomic mass is 10.1. The van der Waals surface area contributed by atoms with Crippen molar-refractivity contribution in [1.82, 2.24) is 5.43 Å². The Morgan fingerprint density at radius 1 is 1.25 bits per heavy atom. The molecule has 1 amide bonds. The number of aromatic hydroxyl groups is 1. The third-order valence-corrected chi connectivity index (χ3v) is 4.61. The molecule has 28 heavy (non-hydrogen) atoms. The molecule has 0 aliphatic rings. The lowest BCUT2D eigenvalue weighted by Crippen LogP contribution is -2.24. The first-order valence-corrected chi connectivity index (χ1v) is 10.0. The standard InChI is InChI=1S/C20H20Br2N2O4/c1-3-5-14-8-13(9-18(20(14)26)27-4-2)11-23-24-19(25)12-28-17-7-6-15(21)10-16(17)22/h3,6-11,26H,1,4-5,12H2,2H3,(H,24,25)/b23-11+. The van der Waals surface area contributed by atoms with E-state index >= 15 is 0 Å². The summed E-state index contributed by atoms with van der Waals surface area (Å²) in [6, 6.07) is 8.80. The molecule has 0 atom stereocenters. The summed E-state index contributed by atoms with van der Waals surface area (Å²) < 4.78 is 12.5. The molecule has 0 fully saturated rings. The average molecular weight is 512 g/mol. The number of carbonyl (C=O) groups excluding carboxylic acids is 1. The van der Waals surface area contributed by atoms with Crippen LogP contribution in [-0.4, -0.2) is 30.4 Å². The lowest BCUT2D eigenvalue weighted by Gasteiger charge is -2.11. The fraction of sp³-hybridized carbons (Fsp3) is 0.200. The number of benzene rings is 2. The molecule has 0 aliphatic carbocycles. The third kappa shape index (κ3) is 6.38. The molecule has 0 aliphatic heterocycles. The number of hydrogen-bond donors (Lipinski definition) is 2.